The van der Waals surface area contributed by atoms with E-state index in [1.165, 1.54) is 11.3 Å². The average Bonchev–Trinajstić information content (AvgIpc) is 2.91. The first-order chi connectivity index (χ1) is 9.49. The average molecular weight is 303 g/mol. The molecule has 0 aromatic carbocycles. The van der Waals surface area contributed by atoms with Gasteiger partial charge in [0.1, 0.15) is 6.61 Å². The molecule has 0 aliphatic carbocycles. The van der Waals surface area contributed by atoms with Crippen LogP contribution in [-0.4, -0.2) is 29.8 Å². The topological polar surface area (TPSA) is 74.2 Å². The van der Waals surface area contributed by atoms with E-state index in [1.807, 2.05) is 13.8 Å². The Labute approximate surface area is 118 Å². The number of ether oxygens (including phenoxy) is 1. The number of aryl methyl sites for hydroxylation is 1. The molecule has 2 aromatic rings. The lowest BCUT2D eigenvalue weighted by molar-refractivity contribution is 0.0182. The molecule has 5 nitrogen and oxygen atoms in total. The lowest BCUT2D eigenvalue weighted by Crippen LogP contribution is -2.07. The fraction of sp³-hybridized carbons (Fsp3) is 0.500. The molecule has 2 rings (SSSR count). The number of nitrogens with two attached hydrogens (primary N) is 1. The van der Waals surface area contributed by atoms with Crippen LogP contribution >= 0.6 is 11.3 Å². The van der Waals surface area contributed by atoms with E-state index < -0.39 is 13.0 Å². The molecule has 2 aromatic heterocycles. The monoisotopic (exact) mass is 303 g/mol. The Kier molecular flexibility index (Phi) is 4.66. The summed E-state index contributed by atoms with van der Waals surface area (Å²) in [5.41, 5.74) is 7.68. The molecule has 0 amide bonds. The van der Waals surface area contributed by atoms with Gasteiger partial charge in [0.25, 0.3) is 12.3 Å². The van der Waals surface area contributed by atoms with Crippen LogP contribution in [0.1, 0.15) is 16.3 Å². The van der Waals surface area contributed by atoms with Crippen LogP contribution in [0, 0.1) is 13.8 Å². The Morgan fingerprint density at radius 3 is 2.75 bits per heavy atom. The minimum Gasteiger partial charge on any atom is -0.390 e. The quantitative estimate of drug-likeness (QED) is 0.831. The fourth-order valence-corrected chi connectivity index (χ4v) is 2.64. The van der Waals surface area contributed by atoms with Crippen molar-refractivity contribution in [1.82, 2.24) is 10.1 Å². The Hall–Kier alpha value is -1.54. The largest absolute Gasteiger partial charge is 0.390 e. The van der Waals surface area contributed by atoms with Gasteiger partial charge >= 0.3 is 0 Å². The standard InChI is InChI=1S/C12H15F2N3O2S/c1-6-7(2)20-11(15)10(6)12-16-9(17-19-12)3-4-18-5-8(13)14/h8H,3-5,15H2,1-2H3. The van der Waals surface area contributed by atoms with Gasteiger partial charge in [0.2, 0.25) is 0 Å². The summed E-state index contributed by atoms with van der Waals surface area (Å²) in [7, 11) is 0. The molecule has 0 spiro atoms. The molecule has 0 saturated heterocycles. The summed E-state index contributed by atoms with van der Waals surface area (Å²) in [5, 5.41) is 4.43. The zero-order valence-corrected chi connectivity index (χ0v) is 12.0. The lowest BCUT2D eigenvalue weighted by Gasteiger charge is -1.99. The Balaban J connectivity index is 2.02. The van der Waals surface area contributed by atoms with Gasteiger partial charge in [0, 0.05) is 11.3 Å². The Morgan fingerprint density at radius 2 is 2.15 bits per heavy atom. The summed E-state index contributed by atoms with van der Waals surface area (Å²) in [6.45, 7) is 3.45. The molecule has 0 radical (unpaired) electrons. The normalized spacial score (nSPS) is 11.4. The van der Waals surface area contributed by atoms with E-state index in [4.69, 9.17) is 15.0 Å². The maximum atomic E-state index is 11.9. The predicted octanol–water partition coefficient (Wildman–Crippen LogP) is 2.82. The zero-order valence-electron chi connectivity index (χ0n) is 11.2. The van der Waals surface area contributed by atoms with Gasteiger partial charge in [-0.2, -0.15) is 4.98 Å². The minimum absolute atomic E-state index is 0.125. The third kappa shape index (κ3) is 3.31. The van der Waals surface area contributed by atoms with Crippen molar-refractivity contribution in [2.45, 2.75) is 26.7 Å². The highest BCUT2D eigenvalue weighted by molar-refractivity contribution is 7.16. The summed E-state index contributed by atoms with van der Waals surface area (Å²) in [6, 6.07) is 0. The maximum Gasteiger partial charge on any atom is 0.261 e. The van der Waals surface area contributed by atoms with E-state index in [0.717, 1.165) is 16.0 Å². The van der Waals surface area contributed by atoms with Gasteiger partial charge in [-0.25, -0.2) is 8.78 Å². The fourth-order valence-electron chi connectivity index (χ4n) is 1.71. The summed E-state index contributed by atoms with van der Waals surface area (Å²) in [5.74, 6) is 0.769. The van der Waals surface area contributed by atoms with Crippen molar-refractivity contribution >= 4 is 16.3 Å². The number of hydrogen-bond acceptors (Lipinski definition) is 6. The highest BCUT2D eigenvalue weighted by atomic mass is 32.1. The van der Waals surface area contributed by atoms with Crippen molar-refractivity contribution in [3.63, 3.8) is 0 Å². The molecule has 0 atom stereocenters. The van der Waals surface area contributed by atoms with Crippen LogP contribution in [0.4, 0.5) is 13.8 Å². The number of thiophene rings is 1. The molecule has 0 saturated carbocycles. The van der Waals surface area contributed by atoms with Crippen LogP contribution in [0.2, 0.25) is 0 Å². The van der Waals surface area contributed by atoms with Crippen molar-refractivity contribution in [2.24, 2.45) is 0 Å². The smallest absolute Gasteiger partial charge is 0.261 e. The maximum absolute atomic E-state index is 11.9. The number of anilines is 1. The molecule has 2 heterocycles. The van der Waals surface area contributed by atoms with E-state index in [-0.39, 0.29) is 6.61 Å². The lowest BCUT2D eigenvalue weighted by atomic mass is 10.1. The van der Waals surface area contributed by atoms with Crippen LogP contribution in [0.3, 0.4) is 0 Å². The van der Waals surface area contributed by atoms with Gasteiger partial charge in [0.15, 0.2) is 5.82 Å². The van der Waals surface area contributed by atoms with Crippen LogP contribution < -0.4 is 5.73 Å². The van der Waals surface area contributed by atoms with Crippen molar-refractivity contribution in [3.8, 4) is 11.5 Å². The highest BCUT2D eigenvalue weighted by Crippen LogP contribution is 2.36. The molecule has 0 aliphatic rings. The molecule has 20 heavy (non-hydrogen) atoms. The van der Waals surface area contributed by atoms with Crippen molar-refractivity contribution in [3.05, 3.63) is 16.3 Å². The Morgan fingerprint density at radius 1 is 1.40 bits per heavy atom. The molecule has 110 valence electrons. The number of halogens is 2. The molecule has 0 fully saturated rings. The van der Waals surface area contributed by atoms with Gasteiger partial charge in [-0.05, 0) is 19.4 Å². The number of hydrogen-bond donors (Lipinski definition) is 1. The molecule has 8 heteroatoms. The summed E-state index contributed by atoms with van der Waals surface area (Å²) in [4.78, 5) is 5.31. The van der Waals surface area contributed by atoms with E-state index in [1.54, 1.807) is 0 Å². The summed E-state index contributed by atoms with van der Waals surface area (Å²) >= 11 is 1.47. The molecule has 0 unspecified atom stereocenters. The van der Waals surface area contributed by atoms with Gasteiger partial charge in [-0.3, -0.25) is 0 Å². The van der Waals surface area contributed by atoms with Crippen LogP contribution in [0.15, 0.2) is 4.52 Å². The molecular formula is C12H15F2N3O2S. The molecule has 0 bridgehead atoms. The molecule has 0 aliphatic heterocycles. The first-order valence-corrected chi connectivity index (χ1v) is 6.85. The number of alkyl halides is 2. The van der Waals surface area contributed by atoms with E-state index in [9.17, 15) is 8.78 Å². The van der Waals surface area contributed by atoms with Gasteiger partial charge in [-0.1, -0.05) is 5.16 Å². The van der Waals surface area contributed by atoms with Crippen LogP contribution in [0.25, 0.3) is 11.5 Å². The number of aromatic nitrogens is 2. The Bertz CT molecular complexity index is 583. The number of nitrogens with zero attached hydrogens (tertiary/aromatic N) is 2. The number of rotatable bonds is 6. The molecular weight excluding hydrogens is 288 g/mol. The SMILES string of the molecule is Cc1sc(N)c(-c2nc(CCOCC(F)F)no2)c1C. The second-order valence-electron chi connectivity index (χ2n) is 4.25. The van der Waals surface area contributed by atoms with E-state index in [2.05, 4.69) is 10.1 Å². The van der Waals surface area contributed by atoms with Crippen LogP contribution in [0.5, 0.6) is 0 Å². The van der Waals surface area contributed by atoms with E-state index in [0.29, 0.717) is 23.1 Å². The third-order valence-corrected chi connectivity index (χ3v) is 3.84. The predicted molar refractivity (Wildman–Crippen MR) is 72.0 cm³/mol. The van der Waals surface area contributed by atoms with Crippen molar-refractivity contribution in [2.75, 3.05) is 18.9 Å². The highest BCUT2D eigenvalue weighted by Gasteiger charge is 2.18. The second-order valence-corrected chi connectivity index (χ2v) is 5.51. The first-order valence-electron chi connectivity index (χ1n) is 6.03. The minimum atomic E-state index is -2.47. The van der Waals surface area contributed by atoms with Crippen LogP contribution in [-0.2, 0) is 11.2 Å². The van der Waals surface area contributed by atoms with Crippen molar-refractivity contribution < 1.29 is 18.0 Å². The van der Waals surface area contributed by atoms with Gasteiger partial charge in [-0.15, -0.1) is 11.3 Å². The third-order valence-electron chi connectivity index (χ3n) is 2.81. The second kappa shape index (κ2) is 6.27. The van der Waals surface area contributed by atoms with E-state index >= 15 is 0 Å². The van der Waals surface area contributed by atoms with Crippen molar-refractivity contribution in [1.29, 1.82) is 0 Å². The first kappa shape index (κ1) is 14.9. The molecule has 2 N–H and O–H groups in total. The summed E-state index contributed by atoms with van der Waals surface area (Å²) in [6.07, 6.45) is -2.15. The van der Waals surface area contributed by atoms with Gasteiger partial charge in [0.05, 0.1) is 17.2 Å². The number of nitrogen functional groups attached to an aromatic ring is 1. The summed E-state index contributed by atoms with van der Waals surface area (Å²) < 4.78 is 33.7. The zero-order chi connectivity index (χ0) is 14.7. The van der Waals surface area contributed by atoms with Gasteiger partial charge < -0.3 is 15.0 Å².